The number of amides is 4. The van der Waals surface area contributed by atoms with Gasteiger partial charge in [0.1, 0.15) is 23.7 Å². The number of H-pyrrole nitrogens is 2. The molecule has 0 saturated carbocycles. The van der Waals surface area contributed by atoms with Crippen LogP contribution in [0.1, 0.15) is 102 Å². The highest BCUT2D eigenvalue weighted by atomic mass is 16.5. The predicted octanol–water partition coefficient (Wildman–Crippen LogP) is 7.60. The highest BCUT2D eigenvalue weighted by Crippen LogP contribution is 2.38. The molecule has 7 rings (SSSR count). The molecule has 4 heterocycles. The molecule has 62 heavy (non-hydrogen) atoms. The van der Waals surface area contributed by atoms with Crippen LogP contribution in [0.25, 0.3) is 44.2 Å². The second kappa shape index (κ2) is 18.4. The number of rotatable bonds is 10. The second-order valence-electron chi connectivity index (χ2n) is 16.5. The maximum Gasteiger partial charge on any atom is 0.407 e. The lowest BCUT2D eigenvalue weighted by molar-refractivity contribution is -0.136. The summed E-state index contributed by atoms with van der Waals surface area (Å²) in [5.41, 5.74) is 6.78. The Balaban J connectivity index is 1.19. The van der Waals surface area contributed by atoms with Crippen molar-refractivity contribution in [3.63, 3.8) is 0 Å². The average Bonchev–Trinajstić information content (AvgIpc) is 4.10. The normalized spacial score (nSPS) is 17.1. The van der Waals surface area contributed by atoms with Crippen LogP contribution < -0.4 is 10.6 Å². The standard InChI is InChI=1S/C48H54N8O6/c1-9-13-30-24-33(36-26-49-43(51-36)37-15-11-21-55(37)45(57)40(27(3)4)53-47(59)61-7)25-31(14-10-2)39(30)32-17-19-34-29(23-32)18-20-35-42(34)52-44(50-35)38-16-12-22-56(38)46(58)41(28(5)6)54-48(60)62-8/h17-20,23-28,37-38,40-41H,11-12,15-16,21-22H2,1-8H3,(H,49,51)(H,50,52)(H,53,59)(H,54,60)/t37-,38-,40-,41-/m0/s1. The van der Waals surface area contributed by atoms with Crippen LogP contribution in [-0.2, 0) is 19.1 Å². The lowest BCUT2D eigenvalue weighted by Crippen LogP contribution is -2.51. The van der Waals surface area contributed by atoms with Crippen LogP contribution in [-0.4, -0.2) is 93.1 Å². The number of likely N-dealkylation sites (tertiary alicyclic amines) is 2. The number of carbonyl (C=O) groups is 4. The van der Waals surface area contributed by atoms with Crippen LogP contribution in [0.15, 0.2) is 48.7 Å². The number of ether oxygens (including phenoxy) is 2. The quantitative estimate of drug-likeness (QED) is 0.104. The molecule has 0 spiro atoms. The van der Waals surface area contributed by atoms with Crippen molar-refractivity contribution in [2.24, 2.45) is 11.8 Å². The third-order valence-corrected chi connectivity index (χ3v) is 11.8. The molecule has 14 heteroatoms. The Morgan fingerprint density at radius 2 is 1.31 bits per heavy atom. The smallest absolute Gasteiger partial charge is 0.407 e. The van der Waals surface area contributed by atoms with Crippen LogP contribution in [0.3, 0.4) is 0 Å². The van der Waals surface area contributed by atoms with E-state index in [1.165, 1.54) is 14.2 Å². The van der Waals surface area contributed by atoms with Crippen LogP contribution in [0.4, 0.5) is 9.59 Å². The third-order valence-electron chi connectivity index (χ3n) is 11.8. The van der Waals surface area contributed by atoms with Gasteiger partial charge in [-0.15, -0.1) is 11.8 Å². The van der Waals surface area contributed by atoms with E-state index >= 15 is 0 Å². The summed E-state index contributed by atoms with van der Waals surface area (Å²) >= 11 is 0. The molecule has 322 valence electrons. The van der Waals surface area contributed by atoms with E-state index in [1.807, 2.05) is 64.6 Å². The van der Waals surface area contributed by atoms with Crippen molar-refractivity contribution in [3.05, 3.63) is 71.4 Å². The van der Waals surface area contributed by atoms with E-state index in [1.54, 1.807) is 11.1 Å². The number of nitrogens with zero attached hydrogens (tertiary/aromatic N) is 4. The number of fused-ring (bicyclic) bond motifs is 3. The van der Waals surface area contributed by atoms with Gasteiger partial charge in [0, 0.05) is 40.7 Å². The molecule has 2 saturated heterocycles. The fraction of sp³-hybridized carbons (Fsp3) is 0.417. The summed E-state index contributed by atoms with van der Waals surface area (Å²) in [5.74, 6) is 13.7. The zero-order chi connectivity index (χ0) is 44.2. The largest absolute Gasteiger partial charge is 0.453 e. The van der Waals surface area contributed by atoms with Crippen molar-refractivity contribution < 1.29 is 28.7 Å². The molecule has 4 amide bonds. The summed E-state index contributed by atoms with van der Waals surface area (Å²) in [4.78, 5) is 72.2. The number of imidazole rings is 2. The molecule has 5 aromatic rings. The molecule has 0 aliphatic carbocycles. The second-order valence-corrected chi connectivity index (χ2v) is 16.5. The van der Waals surface area contributed by atoms with Gasteiger partial charge in [-0.3, -0.25) is 9.59 Å². The lowest BCUT2D eigenvalue weighted by Gasteiger charge is -2.30. The SMILES string of the molecule is CC#Cc1cc(-c2cnc([C@@H]3CCCN3C(=O)[C@@H](NC(=O)OC)C(C)C)[nH]2)cc(C#CC)c1-c1ccc2c(ccc3[nH]c([C@@H]4CCCN4C(=O)[C@@H](NC(=O)OC)C(C)C)nc32)c1. The zero-order valence-electron chi connectivity index (χ0n) is 36.6. The number of nitrogens with one attached hydrogen (secondary N) is 4. The van der Waals surface area contributed by atoms with Gasteiger partial charge in [-0.25, -0.2) is 19.6 Å². The summed E-state index contributed by atoms with van der Waals surface area (Å²) < 4.78 is 9.60. The van der Waals surface area contributed by atoms with E-state index in [0.29, 0.717) is 24.7 Å². The monoisotopic (exact) mass is 838 g/mol. The minimum absolute atomic E-state index is 0.131. The maximum absolute atomic E-state index is 13.8. The van der Waals surface area contributed by atoms with Crippen molar-refractivity contribution in [2.75, 3.05) is 27.3 Å². The summed E-state index contributed by atoms with van der Waals surface area (Å²) in [6, 6.07) is 12.5. The number of hydrogen-bond acceptors (Lipinski definition) is 8. The highest BCUT2D eigenvalue weighted by molar-refractivity contribution is 6.06. The number of aromatic nitrogens is 4. The Kier molecular flexibility index (Phi) is 12.9. The fourth-order valence-electron chi connectivity index (χ4n) is 8.75. The topological polar surface area (TPSA) is 175 Å². The first-order chi connectivity index (χ1) is 29.9. The van der Waals surface area contributed by atoms with Crippen LogP contribution in [0.5, 0.6) is 0 Å². The predicted molar refractivity (Wildman–Crippen MR) is 237 cm³/mol. The first kappa shape index (κ1) is 43.3. The number of hydrogen-bond donors (Lipinski definition) is 4. The summed E-state index contributed by atoms with van der Waals surface area (Å²) in [6.07, 6.45) is 3.63. The molecule has 0 bridgehead atoms. The summed E-state index contributed by atoms with van der Waals surface area (Å²) in [7, 11) is 2.57. The van der Waals surface area contributed by atoms with Gasteiger partial charge >= 0.3 is 12.2 Å². The van der Waals surface area contributed by atoms with Crippen LogP contribution >= 0.6 is 0 Å². The Hall–Kier alpha value is -6.80. The van der Waals surface area contributed by atoms with Gasteiger partial charge in [0.25, 0.3) is 0 Å². The zero-order valence-corrected chi connectivity index (χ0v) is 36.6. The Bertz CT molecular complexity index is 2620. The van der Waals surface area contributed by atoms with Crippen LogP contribution in [0, 0.1) is 35.5 Å². The molecule has 2 aromatic heterocycles. The fourth-order valence-corrected chi connectivity index (χ4v) is 8.75. The third kappa shape index (κ3) is 8.55. The molecule has 3 aromatic carbocycles. The number of carbonyl (C=O) groups excluding carboxylic acids is 4. The van der Waals surface area contributed by atoms with Gasteiger partial charge in [0.15, 0.2) is 0 Å². The molecule has 2 aliphatic heterocycles. The number of methoxy groups -OCH3 is 2. The van der Waals surface area contributed by atoms with E-state index < -0.39 is 24.3 Å². The van der Waals surface area contributed by atoms with Crippen molar-refractivity contribution >= 4 is 45.8 Å². The maximum atomic E-state index is 13.8. The molecule has 4 atom stereocenters. The van der Waals surface area contributed by atoms with Crippen molar-refractivity contribution in [2.45, 2.75) is 91.4 Å². The van der Waals surface area contributed by atoms with E-state index in [4.69, 9.17) is 19.4 Å². The minimum Gasteiger partial charge on any atom is -0.453 e. The lowest BCUT2D eigenvalue weighted by atomic mass is 9.90. The van der Waals surface area contributed by atoms with E-state index in [2.05, 4.69) is 68.5 Å². The number of aromatic amines is 2. The van der Waals surface area contributed by atoms with Gasteiger partial charge in [-0.1, -0.05) is 57.7 Å². The molecular weight excluding hydrogens is 785 g/mol. The van der Waals surface area contributed by atoms with Crippen molar-refractivity contribution in [3.8, 4) is 46.1 Å². The van der Waals surface area contributed by atoms with E-state index in [0.717, 1.165) is 81.0 Å². The molecular formula is C48H54N8O6. The Labute approximate surface area is 361 Å². The van der Waals surface area contributed by atoms with Gasteiger partial charge < -0.3 is 39.9 Å². The van der Waals surface area contributed by atoms with Gasteiger partial charge in [0.05, 0.1) is 49.2 Å². The average molecular weight is 839 g/mol. The van der Waals surface area contributed by atoms with E-state index in [-0.39, 0.29) is 35.7 Å². The van der Waals surface area contributed by atoms with Crippen LogP contribution in [0.2, 0.25) is 0 Å². The molecule has 4 N–H and O–H groups in total. The molecule has 2 fully saturated rings. The van der Waals surface area contributed by atoms with Crippen molar-refractivity contribution in [1.82, 2.24) is 40.4 Å². The molecule has 0 radical (unpaired) electrons. The Morgan fingerprint density at radius 3 is 1.84 bits per heavy atom. The summed E-state index contributed by atoms with van der Waals surface area (Å²) in [6.45, 7) is 12.3. The summed E-state index contributed by atoms with van der Waals surface area (Å²) in [5, 5.41) is 7.38. The first-order valence-electron chi connectivity index (χ1n) is 21.2. The van der Waals surface area contributed by atoms with Gasteiger partial charge in [-0.2, -0.15) is 0 Å². The number of benzene rings is 3. The molecule has 14 nitrogen and oxygen atoms in total. The highest BCUT2D eigenvalue weighted by Gasteiger charge is 2.39. The van der Waals surface area contributed by atoms with Crippen molar-refractivity contribution in [1.29, 1.82) is 0 Å². The molecule has 0 unspecified atom stereocenters. The minimum atomic E-state index is -0.727. The Morgan fingerprint density at radius 1 is 0.742 bits per heavy atom. The number of alkyl carbamates (subject to hydrolysis) is 2. The first-order valence-corrected chi connectivity index (χ1v) is 21.2. The van der Waals surface area contributed by atoms with Gasteiger partial charge in [-0.05, 0) is 86.6 Å². The van der Waals surface area contributed by atoms with E-state index in [9.17, 15) is 19.2 Å². The molecule has 2 aliphatic rings. The van der Waals surface area contributed by atoms with Gasteiger partial charge in [0.2, 0.25) is 11.8 Å².